The van der Waals surface area contributed by atoms with Gasteiger partial charge >= 0.3 is 0 Å². The number of carbonyl (C=O) groups is 2. The topological polar surface area (TPSA) is 82.9 Å². The largest absolute Gasteiger partial charge is 0.273 e. The van der Waals surface area contributed by atoms with Crippen LogP contribution in [-0.2, 0) is 9.59 Å². The van der Waals surface area contributed by atoms with E-state index < -0.39 is 0 Å². The number of benzene rings is 4. The predicted molar refractivity (Wildman–Crippen MR) is 133 cm³/mol. The Morgan fingerprint density at radius 3 is 1.48 bits per heavy atom. The van der Waals surface area contributed by atoms with Crippen LogP contribution in [0.3, 0.4) is 0 Å². The maximum absolute atomic E-state index is 11.9. The third-order valence-electron chi connectivity index (χ3n) is 5.16. The third kappa shape index (κ3) is 6.33. The van der Waals surface area contributed by atoms with Crippen LogP contribution in [0.2, 0.25) is 0 Å². The first-order chi connectivity index (χ1) is 16.2. The highest BCUT2D eigenvalue weighted by Crippen LogP contribution is 2.15. The van der Waals surface area contributed by atoms with Crippen molar-refractivity contribution >= 4 is 45.8 Å². The minimum Gasteiger partial charge on any atom is -0.273 e. The lowest BCUT2D eigenvalue weighted by atomic mass is 10.1. The molecule has 4 aromatic carbocycles. The number of hydrogen-bond donors (Lipinski definition) is 2. The second-order valence-corrected chi connectivity index (χ2v) is 7.65. The second-order valence-electron chi connectivity index (χ2n) is 7.65. The summed E-state index contributed by atoms with van der Waals surface area (Å²) in [5.74, 6) is -0.473. The fraction of sp³-hybridized carbons (Fsp3) is 0.111. The average molecular weight is 437 g/mol. The first-order valence-corrected chi connectivity index (χ1v) is 10.8. The molecule has 0 fully saturated rings. The first-order valence-electron chi connectivity index (χ1n) is 10.8. The van der Waals surface area contributed by atoms with E-state index in [1.165, 1.54) is 0 Å². The van der Waals surface area contributed by atoms with Crippen LogP contribution in [0, 0.1) is 0 Å². The molecule has 2 amide bonds. The molecule has 4 aromatic rings. The molecule has 0 spiro atoms. The van der Waals surface area contributed by atoms with Gasteiger partial charge in [0, 0.05) is 12.8 Å². The van der Waals surface area contributed by atoms with Gasteiger partial charge in [-0.15, -0.1) is 0 Å². The minimum atomic E-state index is -0.237. The highest BCUT2D eigenvalue weighted by atomic mass is 16.2. The molecule has 0 aromatic heterocycles. The number of nitrogens with zero attached hydrogens (tertiary/aromatic N) is 2. The molecule has 0 aliphatic rings. The Morgan fingerprint density at radius 2 is 1.03 bits per heavy atom. The predicted octanol–water partition coefficient (Wildman–Crippen LogP) is 4.76. The summed E-state index contributed by atoms with van der Waals surface area (Å²) in [6, 6.07) is 28.0. The quantitative estimate of drug-likeness (QED) is 0.308. The molecule has 0 aliphatic carbocycles. The summed E-state index contributed by atoms with van der Waals surface area (Å²) in [4.78, 5) is 23.9. The van der Waals surface area contributed by atoms with Crippen molar-refractivity contribution in [2.24, 2.45) is 10.2 Å². The van der Waals surface area contributed by atoms with Gasteiger partial charge in [0.2, 0.25) is 11.8 Å². The van der Waals surface area contributed by atoms with Crippen LogP contribution in [0.1, 0.15) is 30.4 Å². The van der Waals surface area contributed by atoms with Gasteiger partial charge in [-0.3, -0.25) is 9.59 Å². The molecule has 0 atom stereocenters. The van der Waals surface area contributed by atoms with Crippen molar-refractivity contribution in [1.29, 1.82) is 0 Å². The molecule has 6 nitrogen and oxygen atoms in total. The Hall–Kier alpha value is -4.32. The fourth-order valence-corrected chi connectivity index (χ4v) is 3.46. The van der Waals surface area contributed by atoms with Crippen LogP contribution in [0.5, 0.6) is 0 Å². The van der Waals surface area contributed by atoms with Gasteiger partial charge in [0.1, 0.15) is 0 Å². The lowest BCUT2D eigenvalue weighted by molar-refractivity contribution is -0.122. The molecule has 0 radical (unpaired) electrons. The summed E-state index contributed by atoms with van der Waals surface area (Å²) in [5.41, 5.74) is 6.80. The highest BCUT2D eigenvalue weighted by molar-refractivity contribution is 5.92. The fourth-order valence-electron chi connectivity index (χ4n) is 3.46. The van der Waals surface area contributed by atoms with Crippen molar-refractivity contribution in [2.75, 3.05) is 0 Å². The average Bonchev–Trinajstić information content (AvgIpc) is 2.84. The van der Waals surface area contributed by atoms with Crippen molar-refractivity contribution in [1.82, 2.24) is 10.9 Å². The molecule has 0 saturated carbocycles. The molecule has 4 rings (SSSR count). The monoisotopic (exact) mass is 436 g/mol. The molecule has 33 heavy (non-hydrogen) atoms. The summed E-state index contributed by atoms with van der Waals surface area (Å²) in [7, 11) is 0. The van der Waals surface area contributed by atoms with Crippen LogP contribution in [-0.4, -0.2) is 24.2 Å². The summed E-state index contributed by atoms with van der Waals surface area (Å²) in [6.45, 7) is 0. The number of hydrogen-bond acceptors (Lipinski definition) is 4. The van der Waals surface area contributed by atoms with Gasteiger partial charge in [0.25, 0.3) is 0 Å². The Morgan fingerprint density at radius 1 is 0.606 bits per heavy atom. The van der Waals surface area contributed by atoms with Crippen LogP contribution in [0.4, 0.5) is 0 Å². The minimum absolute atomic E-state index is 0.205. The van der Waals surface area contributed by atoms with Crippen LogP contribution in [0.25, 0.3) is 21.5 Å². The van der Waals surface area contributed by atoms with E-state index >= 15 is 0 Å². The summed E-state index contributed by atoms with van der Waals surface area (Å²) in [5, 5.41) is 12.5. The zero-order valence-electron chi connectivity index (χ0n) is 18.1. The van der Waals surface area contributed by atoms with E-state index in [-0.39, 0.29) is 24.7 Å². The molecule has 0 saturated heterocycles. The molecular formula is C27H24N4O2. The Bertz CT molecular complexity index is 1240. The van der Waals surface area contributed by atoms with Crippen LogP contribution >= 0.6 is 0 Å². The van der Waals surface area contributed by atoms with Crippen molar-refractivity contribution in [2.45, 2.75) is 19.3 Å². The van der Waals surface area contributed by atoms with E-state index in [4.69, 9.17) is 0 Å². The smallest absolute Gasteiger partial charge is 0.240 e. The maximum atomic E-state index is 11.9. The zero-order chi connectivity index (χ0) is 22.9. The van der Waals surface area contributed by atoms with E-state index in [9.17, 15) is 9.59 Å². The van der Waals surface area contributed by atoms with Crippen molar-refractivity contribution in [3.8, 4) is 0 Å². The van der Waals surface area contributed by atoms with E-state index in [0.717, 1.165) is 32.7 Å². The van der Waals surface area contributed by atoms with Crippen molar-refractivity contribution < 1.29 is 9.59 Å². The van der Waals surface area contributed by atoms with Crippen LogP contribution < -0.4 is 10.9 Å². The standard InChI is InChI=1S/C27H24N4O2/c32-26(30-28-18-20-12-14-22-6-1-3-8-24(22)16-20)10-5-11-27(33)31-29-19-21-13-15-23-7-2-4-9-25(23)17-21/h1-4,6-9,12-19H,5,10-11H2,(H,30,32)(H,31,33). The van der Waals surface area contributed by atoms with E-state index in [0.29, 0.717) is 6.42 Å². The Kier molecular flexibility index (Phi) is 7.18. The SMILES string of the molecule is O=C(CCCC(=O)NN=Cc1ccc2ccccc2c1)NN=Cc1ccc2ccccc2c1. The van der Waals surface area contributed by atoms with Crippen molar-refractivity contribution in [3.63, 3.8) is 0 Å². The number of hydrazone groups is 2. The molecule has 164 valence electrons. The summed E-state index contributed by atoms with van der Waals surface area (Å²) in [6.07, 6.45) is 4.04. The van der Waals surface area contributed by atoms with Crippen molar-refractivity contribution in [3.05, 3.63) is 96.1 Å². The third-order valence-corrected chi connectivity index (χ3v) is 5.16. The van der Waals surface area contributed by atoms with Gasteiger partial charge < -0.3 is 0 Å². The number of carbonyl (C=O) groups excluding carboxylic acids is 2. The number of amides is 2. The molecule has 0 aliphatic heterocycles. The number of rotatable bonds is 8. The first kappa shape index (κ1) is 21.9. The van der Waals surface area contributed by atoms with Gasteiger partial charge in [-0.2, -0.15) is 10.2 Å². The molecule has 0 bridgehead atoms. The van der Waals surface area contributed by atoms with Gasteiger partial charge in [0.05, 0.1) is 12.4 Å². The lowest BCUT2D eigenvalue weighted by Gasteiger charge is -2.02. The highest BCUT2D eigenvalue weighted by Gasteiger charge is 2.04. The van der Waals surface area contributed by atoms with Crippen LogP contribution in [0.15, 0.2) is 95.1 Å². The zero-order valence-corrected chi connectivity index (χ0v) is 18.1. The van der Waals surface area contributed by atoms with Gasteiger partial charge in [0.15, 0.2) is 0 Å². The van der Waals surface area contributed by atoms with E-state index in [1.54, 1.807) is 12.4 Å². The normalized spacial score (nSPS) is 11.4. The van der Waals surface area contributed by atoms with Gasteiger partial charge in [-0.05, 0) is 51.2 Å². The Labute approximate surface area is 192 Å². The second kappa shape index (κ2) is 10.8. The molecule has 2 N–H and O–H groups in total. The Balaban J connectivity index is 1.16. The molecule has 0 heterocycles. The number of nitrogens with one attached hydrogen (secondary N) is 2. The summed E-state index contributed by atoms with van der Waals surface area (Å²) >= 11 is 0. The molecule has 6 heteroatoms. The molecule has 0 unspecified atom stereocenters. The maximum Gasteiger partial charge on any atom is 0.240 e. The molecular weight excluding hydrogens is 412 g/mol. The van der Waals surface area contributed by atoms with Gasteiger partial charge in [-0.1, -0.05) is 72.8 Å². The summed E-state index contributed by atoms with van der Waals surface area (Å²) < 4.78 is 0. The van der Waals surface area contributed by atoms with E-state index in [2.05, 4.69) is 21.1 Å². The van der Waals surface area contributed by atoms with E-state index in [1.807, 2.05) is 84.9 Å². The van der Waals surface area contributed by atoms with Gasteiger partial charge in [-0.25, -0.2) is 10.9 Å². The number of fused-ring (bicyclic) bond motifs is 2. The lowest BCUT2D eigenvalue weighted by Crippen LogP contribution is -2.20.